The summed E-state index contributed by atoms with van der Waals surface area (Å²) in [6.07, 6.45) is 1.58. The van der Waals surface area contributed by atoms with Gasteiger partial charge in [-0.2, -0.15) is 0 Å². The van der Waals surface area contributed by atoms with Crippen molar-refractivity contribution in [3.8, 4) is 11.5 Å². The summed E-state index contributed by atoms with van der Waals surface area (Å²) in [5.41, 5.74) is 2.57. The highest BCUT2D eigenvalue weighted by Gasteiger charge is 2.25. The Morgan fingerprint density at radius 1 is 1.62 bits per heavy atom. The second-order valence-corrected chi connectivity index (χ2v) is 3.98. The van der Waals surface area contributed by atoms with Gasteiger partial charge in [-0.1, -0.05) is 6.58 Å². The first-order chi connectivity index (χ1) is 7.65. The number of benzene rings is 1. The molecule has 2 rings (SSSR count). The molecule has 1 atom stereocenters. The molecule has 0 fully saturated rings. The van der Waals surface area contributed by atoms with Crippen molar-refractivity contribution in [1.29, 1.82) is 0 Å². The molecule has 1 aromatic rings. The first-order valence-corrected chi connectivity index (χ1v) is 5.14. The highest BCUT2D eigenvalue weighted by Crippen LogP contribution is 2.35. The molecule has 0 aromatic heterocycles. The van der Waals surface area contributed by atoms with Crippen molar-refractivity contribution in [2.75, 3.05) is 7.11 Å². The molecule has 1 aromatic carbocycles. The van der Waals surface area contributed by atoms with E-state index in [1.165, 1.54) is 0 Å². The van der Waals surface area contributed by atoms with Crippen LogP contribution in [0.2, 0.25) is 0 Å². The smallest absolute Gasteiger partial charge is 0.153 e. The Morgan fingerprint density at radius 3 is 2.94 bits per heavy atom. The van der Waals surface area contributed by atoms with Crippen molar-refractivity contribution in [1.82, 2.24) is 0 Å². The van der Waals surface area contributed by atoms with Crippen molar-refractivity contribution in [2.45, 2.75) is 19.4 Å². The van der Waals surface area contributed by atoms with E-state index in [0.29, 0.717) is 11.3 Å². The summed E-state index contributed by atoms with van der Waals surface area (Å²) in [7, 11) is 1.56. The number of ether oxygens (including phenoxy) is 2. The number of fused-ring (bicyclic) bond motifs is 1. The fourth-order valence-corrected chi connectivity index (χ4v) is 1.83. The minimum atomic E-state index is 0.0154. The molecule has 0 spiro atoms. The van der Waals surface area contributed by atoms with E-state index in [1.54, 1.807) is 13.2 Å². The SMILES string of the molecule is C=C(C)C1Cc2cc(OC)c(C=O)cc2O1. The Balaban J connectivity index is 2.39. The highest BCUT2D eigenvalue weighted by molar-refractivity contribution is 5.81. The molecule has 1 heterocycles. The summed E-state index contributed by atoms with van der Waals surface area (Å²) < 4.78 is 10.8. The van der Waals surface area contributed by atoms with Crippen LogP contribution in [0.5, 0.6) is 11.5 Å². The maximum absolute atomic E-state index is 10.8. The third-order valence-corrected chi connectivity index (χ3v) is 2.76. The first-order valence-electron chi connectivity index (χ1n) is 5.14. The Bertz CT molecular complexity index is 449. The average Bonchev–Trinajstić information content (AvgIpc) is 2.69. The van der Waals surface area contributed by atoms with E-state index in [2.05, 4.69) is 6.58 Å². The first kappa shape index (κ1) is 10.7. The van der Waals surface area contributed by atoms with Gasteiger partial charge in [-0.05, 0) is 24.6 Å². The van der Waals surface area contributed by atoms with Gasteiger partial charge in [-0.25, -0.2) is 0 Å². The van der Waals surface area contributed by atoms with Crippen LogP contribution in [0.4, 0.5) is 0 Å². The zero-order valence-electron chi connectivity index (χ0n) is 9.45. The molecule has 16 heavy (non-hydrogen) atoms. The van der Waals surface area contributed by atoms with Gasteiger partial charge in [0.05, 0.1) is 12.7 Å². The zero-order valence-corrected chi connectivity index (χ0v) is 9.45. The van der Waals surface area contributed by atoms with Crippen LogP contribution in [0.3, 0.4) is 0 Å². The highest BCUT2D eigenvalue weighted by atomic mass is 16.5. The molecule has 0 saturated carbocycles. The number of carbonyl (C=O) groups excluding carboxylic acids is 1. The maximum atomic E-state index is 10.8. The van der Waals surface area contributed by atoms with Crippen LogP contribution in [-0.2, 0) is 6.42 Å². The number of methoxy groups -OCH3 is 1. The minimum Gasteiger partial charge on any atom is -0.496 e. The summed E-state index contributed by atoms with van der Waals surface area (Å²) in [5, 5.41) is 0. The van der Waals surface area contributed by atoms with Gasteiger partial charge in [-0.15, -0.1) is 0 Å². The van der Waals surface area contributed by atoms with Gasteiger partial charge in [-0.3, -0.25) is 4.79 Å². The standard InChI is InChI=1S/C13H14O3/c1-8(2)11-4-9-5-12(15-3)10(7-14)6-13(9)16-11/h5-7,11H,1,4H2,2-3H3. The number of hydrogen-bond donors (Lipinski definition) is 0. The van der Waals surface area contributed by atoms with E-state index in [-0.39, 0.29) is 6.10 Å². The molecule has 0 radical (unpaired) electrons. The van der Waals surface area contributed by atoms with E-state index >= 15 is 0 Å². The lowest BCUT2D eigenvalue weighted by molar-refractivity contribution is 0.112. The van der Waals surface area contributed by atoms with Crippen molar-refractivity contribution < 1.29 is 14.3 Å². The molecule has 0 N–H and O–H groups in total. The van der Waals surface area contributed by atoms with Crippen LogP contribution in [0.15, 0.2) is 24.3 Å². The molecule has 0 saturated heterocycles. The quantitative estimate of drug-likeness (QED) is 0.577. The monoisotopic (exact) mass is 218 g/mol. The third-order valence-electron chi connectivity index (χ3n) is 2.76. The summed E-state index contributed by atoms with van der Waals surface area (Å²) in [4.78, 5) is 10.8. The third kappa shape index (κ3) is 1.69. The number of carbonyl (C=O) groups is 1. The van der Waals surface area contributed by atoms with Crippen LogP contribution < -0.4 is 9.47 Å². The number of rotatable bonds is 3. The molecular weight excluding hydrogens is 204 g/mol. The van der Waals surface area contributed by atoms with Gasteiger partial charge in [0.25, 0.3) is 0 Å². The molecule has 3 nitrogen and oxygen atoms in total. The van der Waals surface area contributed by atoms with Crippen molar-refractivity contribution in [3.05, 3.63) is 35.4 Å². The molecule has 84 valence electrons. The number of aldehydes is 1. The van der Waals surface area contributed by atoms with Crippen LogP contribution in [0.25, 0.3) is 0 Å². The largest absolute Gasteiger partial charge is 0.496 e. The van der Waals surface area contributed by atoms with Gasteiger partial charge >= 0.3 is 0 Å². The summed E-state index contributed by atoms with van der Waals surface area (Å²) in [6.45, 7) is 5.82. The van der Waals surface area contributed by atoms with Crippen molar-refractivity contribution in [2.24, 2.45) is 0 Å². The molecule has 1 aliphatic heterocycles. The molecular formula is C13H14O3. The van der Waals surface area contributed by atoms with Gasteiger partial charge in [0.1, 0.15) is 17.6 Å². The van der Waals surface area contributed by atoms with E-state index in [4.69, 9.17) is 9.47 Å². The van der Waals surface area contributed by atoms with Gasteiger partial charge in [0, 0.05) is 12.0 Å². The molecule has 0 bridgehead atoms. The van der Waals surface area contributed by atoms with E-state index in [0.717, 1.165) is 29.6 Å². The van der Waals surface area contributed by atoms with E-state index in [9.17, 15) is 4.79 Å². The number of hydrogen-bond acceptors (Lipinski definition) is 3. The Kier molecular flexibility index (Phi) is 2.69. The van der Waals surface area contributed by atoms with E-state index < -0.39 is 0 Å². The lowest BCUT2D eigenvalue weighted by Crippen LogP contribution is -2.13. The maximum Gasteiger partial charge on any atom is 0.153 e. The topological polar surface area (TPSA) is 35.5 Å². The summed E-state index contributed by atoms with van der Waals surface area (Å²) in [5.74, 6) is 1.36. The van der Waals surface area contributed by atoms with E-state index in [1.807, 2.05) is 13.0 Å². The second-order valence-electron chi connectivity index (χ2n) is 3.98. The lowest BCUT2D eigenvalue weighted by atomic mass is 10.0. The predicted molar refractivity (Wildman–Crippen MR) is 61.3 cm³/mol. The van der Waals surface area contributed by atoms with Gasteiger partial charge in [0.2, 0.25) is 0 Å². The lowest BCUT2D eigenvalue weighted by Gasteiger charge is -2.09. The van der Waals surface area contributed by atoms with Crippen molar-refractivity contribution in [3.63, 3.8) is 0 Å². The second kappa shape index (κ2) is 4.00. The van der Waals surface area contributed by atoms with Crippen LogP contribution in [-0.4, -0.2) is 19.5 Å². The Morgan fingerprint density at radius 2 is 2.38 bits per heavy atom. The van der Waals surface area contributed by atoms with Crippen LogP contribution >= 0.6 is 0 Å². The molecule has 1 unspecified atom stereocenters. The zero-order chi connectivity index (χ0) is 11.7. The van der Waals surface area contributed by atoms with Gasteiger partial charge < -0.3 is 9.47 Å². The van der Waals surface area contributed by atoms with Crippen LogP contribution in [0.1, 0.15) is 22.8 Å². The fourth-order valence-electron chi connectivity index (χ4n) is 1.83. The fraction of sp³-hybridized carbons (Fsp3) is 0.308. The Labute approximate surface area is 94.7 Å². The average molecular weight is 218 g/mol. The van der Waals surface area contributed by atoms with Gasteiger partial charge in [0.15, 0.2) is 6.29 Å². The minimum absolute atomic E-state index is 0.0154. The normalized spacial score (nSPS) is 17.5. The summed E-state index contributed by atoms with van der Waals surface area (Å²) in [6, 6.07) is 3.59. The molecule has 0 amide bonds. The molecule has 1 aliphatic rings. The summed E-state index contributed by atoms with van der Waals surface area (Å²) >= 11 is 0. The predicted octanol–water partition coefficient (Wildman–Crippen LogP) is 2.39. The van der Waals surface area contributed by atoms with Crippen molar-refractivity contribution >= 4 is 6.29 Å². The Hall–Kier alpha value is -1.77. The molecule has 0 aliphatic carbocycles. The molecule has 3 heteroatoms. The van der Waals surface area contributed by atoms with Crippen LogP contribution in [0, 0.1) is 0 Å².